The molecule has 9 heteroatoms. The van der Waals surface area contributed by atoms with Crippen molar-refractivity contribution in [3.63, 3.8) is 0 Å². The monoisotopic (exact) mass is 600 g/mol. The average molecular weight is 601 g/mol. The van der Waals surface area contributed by atoms with Gasteiger partial charge in [-0.2, -0.15) is 0 Å². The summed E-state index contributed by atoms with van der Waals surface area (Å²) in [6.07, 6.45) is 9.32. The Morgan fingerprint density at radius 3 is 2.44 bits per heavy atom. The molecule has 0 bridgehead atoms. The second-order valence-corrected chi connectivity index (χ2v) is 12.2. The maximum atomic E-state index is 13.1. The fourth-order valence-electron chi connectivity index (χ4n) is 7.12. The van der Waals surface area contributed by atoms with Gasteiger partial charge in [-0.05, 0) is 49.5 Å². The number of aliphatic hydroxyl groups is 2. The molecule has 2 N–H and O–H groups in total. The largest absolute Gasteiger partial charge is 0.456 e. The summed E-state index contributed by atoms with van der Waals surface area (Å²) in [4.78, 5) is 37.5. The number of hydrogen-bond acceptors (Lipinski definition) is 9. The summed E-state index contributed by atoms with van der Waals surface area (Å²) < 4.78 is 23.2. The molecule has 3 aliphatic rings. The zero-order chi connectivity index (χ0) is 31.9. The molecule has 0 aromatic carbocycles. The molecule has 238 valence electrons. The molecule has 9 nitrogen and oxygen atoms in total. The van der Waals surface area contributed by atoms with E-state index in [-0.39, 0.29) is 12.0 Å². The quantitative estimate of drug-likeness (QED) is 0.0729. The van der Waals surface area contributed by atoms with Crippen LogP contribution < -0.4 is 0 Å². The second-order valence-electron chi connectivity index (χ2n) is 12.2. The fourth-order valence-corrected chi connectivity index (χ4v) is 7.12. The molecule has 43 heavy (non-hydrogen) atoms. The van der Waals surface area contributed by atoms with Crippen molar-refractivity contribution in [1.82, 2.24) is 0 Å². The SMILES string of the molecule is C=CC(=C)CC[C@]1(C)[C@H](C)[C@@H](OC(=O)/C=C/C=C/CCCCC)[C@H](O)[C@@]23C(=C[C@H](O)C[C@@H]12)[C@@H](OC(C)=O)O[C@@H]3OC(C)=O. The van der Waals surface area contributed by atoms with Crippen LogP contribution in [0.25, 0.3) is 0 Å². The van der Waals surface area contributed by atoms with E-state index < -0.39 is 71.5 Å². The molecular formula is C34H48O9. The van der Waals surface area contributed by atoms with Crippen LogP contribution in [0.1, 0.15) is 79.6 Å². The molecular weight excluding hydrogens is 552 g/mol. The van der Waals surface area contributed by atoms with Crippen molar-refractivity contribution < 1.29 is 43.5 Å². The predicted octanol–water partition coefficient (Wildman–Crippen LogP) is 5.23. The number of rotatable bonds is 13. The number of ether oxygens (including phenoxy) is 4. The molecule has 1 saturated carbocycles. The molecule has 2 fully saturated rings. The number of allylic oxidation sites excluding steroid dienone is 5. The molecule has 0 amide bonds. The number of aliphatic hydroxyl groups excluding tert-OH is 2. The highest BCUT2D eigenvalue weighted by atomic mass is 16.8. The molecule has 0 unspecified atom stereocenters. The number of esters is 3. The first kappa shape index (κ1) is 34.5. The van der Waals surface area contributed by atoms with Crippen LogP contribution >= 0.6 is 0 Å². The lowest BCUT2D eigenvalue weighted by molar-refractivity contribution is -0.276. The van der Waals surface area contributed by atoms with E-state index in [4.69, 9.17) is 18.9 Å². The smallest absolute Gasteiger partial charge is 0.331 e. The third-order valence-corrected chi connectivity index (χ3v) is 9.47. The Bertz CT molecular complexity index is 1150. The van der Waals surface area contributed by atoms with Gasteiger partial charge >= 0.3 is 17.9 Å². The Hall–Kier alpha value is -3.01. The van der Waals surface area contributed by atoms with Crippen LogP contribution in [0.3, 0.4) is 0 Å². The maximum absolute atomic E-state index is 13.1. The lowest BCUT2D eigenvalue weighted by Gasteiger charge is -2.62. The minimum Gasteiger partial charge on any atom is -0.456 e. The Morgan fingerprint density at radius 2 is 1.81 bits per heavy atom. The van der Waals surface area contributed by atoms with Crippen molar-refractivity contribution in [3.8, 4) is 0 Å². The van der Waals surface area contributed by atoms with E-state index in [1.807, 2.05) is 19.9 Å². The number of hydrogen-bond donors (Lipinski definition) is 2. The van der Waals surface area contributed by atoms with Gasteiger partial charge in [0.05, 0.1) is 11.5 Å². The Kier molecular flexibility index (Phi) is 11.7. The molecule has 1 saturated heterocycles. The minimum absolute atomic E-state index is 0.208. The average Bonchev–Trinajstić information content (AvgIpc) is 3.23. The maximum Gasteiger partial charge on any atom is 0.331 e. The van der Waals surface area contributed by atoms with E-state index in [1.165, 1.54) is 26.0 Å². The molecule has 0 aromatic rings. The predicted molar refractivity (Wildman–Crippen MR) is 161 cm³/mol. The highest BCUT2D eigenvalue weighted by molar-refractivity contribution is 5.82. The molecule has 1 spiro atoms. The molecule has 1 heterocycles. The first-order valence-electron chi connectivity index (χ1n) is 15.2. The molecule has 0 radical (unpaired) electrons. The highest BCUT2D eigenvalue weighted by Gasteiger charge is 2.74. The Balaban J connectivity index is 2.09. The van der Waals surface area contributed by atoms with Crippen LogP contribution in [0, 0.1) is 22.7 Å². The van der Waals surface area contributed by atoms with Crippen molar-refractivity contribution in [3.05, 3.63) is 60.8 Å². The van der Waals surface area contributed by atoms with E-state index in [1.54, 1.807) is 18.2 Å². The molecule has 3 rings (SSSR count). The van der Waals surface area contributed by atoms with Crippen LogP contribution in [0.15, 0.2) is 60.8 Å². The van der Waals surface area contributed by atoms with Gasteiger partial charge in [-0.15, -0.1) is 0 Å². The lowest BCUT2D eigenvalue weighted by Crippen LogP contribution is -2.68. The van der Waals surface area contributed by atoms with Gasteiger partial charge in [0, 0.05) is 31.4 Å². The summed E-state index contributed by atoms with van der Waals surface area (Å²) in [5.74, 6) is -2.89. The first-order valence-corrected chi connectivity index (χ1v) is 15.2. The van der Waals surface area contributed by atoms with Crippen molar-refractivity contribution in [2.24, 2.45) is 22.7 Å². The van der Waals surface area contributed by atoms with E-state index in [0.29, 0.717) is 12.8 Å². The normalized spacial score (nSPS) is 35.1. The topological polar surface area (TPSA) is 129 Å². The molecule has 9 atom stereocenters. The molecule has 1 aliphatic heterocycles. The number of carbonyl (C=O) groups excluding carboxylic acids is 3. The zero-order valence-electron chi connectivity index (χ0n) is 26.1. The molecule has 2 aliphatic carbocycles. The number of unbranched alkanes of at least 4 members (excludes halogenated alkanes) is 3. The second kappa shape index (κ2) is 14.6. The van der Waals surface area contributed by atoms with E-state index >= 15 is 0 Å². The summed E-state index contributed by atoms with van der Waals surface area (Å²) in [7, 11) is 0. The van der Waals surface area contributed by atoms with E-state index in [2.05, 4.69) is 20.1 Å². The van der Waals surface area contributed by atoms with Gasteiger partial charge in [-0.1, -0.05) is 76.6 Å². The van der Waals surface area contributed by atoms with Gasteiger partial charge in [-0.3, -0.25) is 14.3 Å². The van der Waals surface area contributed by atoms with Crippen LogP contribution in [-0.2, 0) is 33.3 Å². The van der Waals surface area contributed by atoms with Gasteiger partial charge in [0.1, 0.15) is 12.2 Å². The van der Waals surface area contributed by atoms with Gasteiger partial charge in [-0.25, -0.2) is 4.79 Å². The Labute approximate surface area is 255 Å². The summed E-state index contributed by atoms with van der Waals surface area (Å²) in [5.41, 5.74) is -1.08. The third-order valence-electron chi connectivity index (χ3n) is 9.47. The van der Waals surface area contributed by atoms with Gasteiger partial charge in [0.15, 0.2) is 0 Å². The number of carbonyl (C=O) groups is 3. The third kappa shape index (κ3) is 7.21. The van der Waals surface area contributed by atoms with Gasteiger partial charge < -0.3 is 24.4 Å². The van der Waals surface area contributed by atoms with Crippen LogP contribution in [-0.4, -0.2) is 59.0 Å². The van der Waals surface area contributed by atoms with Crippen molar-refractivity contribution in [2.45, 2.75) is 110 Å². The lowest BCUT2D eigenvalue weighted by atomic mass is 9.44. The zero-order valence-corrected chi connectivity index (χ0v) is 26.1. The van der Waals surface area contributed by atoms with Gasteiger partial charge in [0.25, 0.3) is 0 Å². The van der Waals surface area contributed by atoms with Crippen LogP contribution in [0.4, 0.5) is 0 Å². The summed E-state index contributed by atoms with van der Waals surface area (Å²) in [5, 5.41) is 23.3. The van der Waals surface area contributed by atoms with E-state index in [9.17, 15) is 24.6 Å². The van der Waals surface area contributed by atoms with Crippen molar-refractivity contribution >= 4 is 17.9 Å². The van der Waals surface area contributed by atoms with Gasteiger partial charge in [0.2, 0.25) is 12.6 Å². The first-order chi connectivity index (χ1) is 20.3. The standard InChI is InChI=1S/C34H48O9/c1-8-10-11-12-13-14-15-16-28(38)42-29-22(4)33(7,18-17-21(3)9-2)27-20-25(37)19-26-31(40-23(5)35)43-32(41-24(6)36)34(26,27)30(29)39/h9,13-16,19,22,25,27,29-32,37,39H,2-3,8,10-12,17-18,20H2,1,4-7H3/b14-13+,16-15+/t22-,25+,27+,29-,30+,31+,32+,33-,34-/m1/s1. The Morgan fingerprint density at radius 1 is 1.12 bits per heavy atom. The molecule has 0 aromatic heterocycles. The van der Waals surface area contributed by atoms with E-state index in [0.717, 1.165) is 31.3 Å². The van der Waals surface area contributed by atoms with Crippen LogP contribution in [0.2, 0.25) is 0 Å². The summed E-state index contributed by atoms with van der Waals surface area (Å²) >= 11 is 0. The fraction of sp³-hybridized carbons (Fsp3) is 0.618. The highest BCUT2D eigenvalue weighted by Crippen LogP contribution is 2.67. The summed E-state index contributed by atoms with van der Waals surface area (Å²) in [6.45, 7) is 16.4. The summed E-state index contributed by atoms with van der Waals surface area (Å²) in [6, 6.07) is 0. The van der Waals surface area contributed by atoms with Crippen LogP contribution in [0.5, 0.6) is 0 Å². The minimum atomic E-state index is -1.48. The van der Waals surface area contributed by atoms with Crippen molar-refractivity contribution in [1.29, 1.82) is 0 Å². The van der Waals surface area contributed by atoms with Crippen molar-refractivity contribution in [2.75, 3.05) is 0 Å².